The number of ether oxygens (including phenoxy) is 1. The molecule has 0 aliphatic carbocycles. The minimum atomic E-state index is -4.49. The molecule has 27 heavy (non-hydrogen) atoms. The van der Waals surface area contributed by atoms with Gasteiger partial charge in [0.2, 0.25) is 0 Å². The van der Waals surface area contributed by atoms with Crippen LogP contribution in [0.25, 0.3) is 0 Å². The van der Waals surface area contributed by atoms with Crippen LogP contribution in [0.15, 0.2) is 47.4 Å². The molecule has 2 aromatic carbocycles. The average Bonchev–Trinajstić information content (AvgIpc) is 2.63. The molecule has 0 unspecified atom stereocenters. The Hall–Kier alpha value is -2.05. The van der Waals surface area contributed by atoms with Crippen LogP contribution in [0, 0.1) is 0 Å². The zero-order valence-corrected chi connectivity index (χ0v) is 16.5. The summed E-state index contributed by atoms with van der Waals surface area (Å²) in [5.74, 6) is 0.170. The summed E-state index contributed by atoms with van der Waals surface area (Å²) < 4.78 is 37.8. The molecule has 0 bridgehead atoms. The number of hydrogen-bond donors (Lipinski definition) is 2. The largest absolute Gasteiger partial charge is 0.508 e. The monoisotopic (exact) mass is 392 g/mol. The van der Waals surface area contributed by atoms with Crippen molar-refractivity contribution in [3.05, 3.63) is 48.0 Å². The number of unbranched alkanes of at least 4 members (excludes halogenated alkanes) is 6. The first-order valence-electron chi connectivity index (χ1n) is 9.47. The Morgan fingerprint density at radius 2 is 1.52 bits per heavy atom. The lowest BCUT2D eigenvalue weighted by Gasteiger charge is -2.10. The van der Waals surface area contributed by atoms with Crippen molar-refractivity contribution in [2.24, 2.45) is 0 Å². The van der Waals surface area contributed by atoms with E-state index in [2.05, 4.69) is 6.92 Å². The van der Waals surface area contributed by atoms with Crippen molar-refractivity contribution in [1.29, 1.82) is 0 Å². The Balaban J connectivity index is 1.89. The Morgan fingerprint density at radius 1 is 0.889 bits per heavy atom. The van der Waals surface area contributed by atoms with Crippen molar-refractivity contribution in [2.75, 3.05) is 0 Å². The molecule has 0 aliphatic heterocycles. The maximum atomic E-state index is 11.4. The molecule has 0 heterocycles. The van der Waals surface area contributed by atoms with E-state index in [1.165, 1.54) is 56.2 Å². The van der Waals surface area contributed by atoms with Crippen LogP contribution in [0.5, 0.6) is 17.2 Å². The van der Waals surface area contributed by atoms with Gasteiger partial charge in [-0.15, -0.1) is 0 Å². The average molecular weight is 393 g/mol. The highest BCUT2D eigenvalue weighted by atomic mass is 32.2. The van der Waals surface area contributed by atoms with Crippen molar-refractivity contribution in [1.82, 2.24) is 0 Å². The summed E-state index contributed by atoms with van der Waals surface area (Å²) in [6.45, 7) is 2.22. The predicted octanol–water partition coefficient (Wildman–Crippen LogP) is 5.72. The summed E-state index contributed by atoms with van der Waals surface area (Å²) >= 11 is 0. The molecule has 0 saturated carbocycles. The van der Waals surface area contributed by atoms with Crippen molar-refractivity contribution in [2.45, 2.75) is 63.2 Å². The molecule has 5 nitrogen and oxygen atoms in total. The zero-order chi connectivity index (χ0) is 19.7. The number of aryl methyl sites for hydroxylation is 1. The lowest BCUT2D eigenvalue weighted by atomic mass is 10.0. The second kappa shape index (κ2) is 10.3. The molecule has 6 heteroatoms. The van der Waals surface area contributed by atoms with Gasteiger partial charge in [0.05, 0.1) is 0 Å². The van der Waals surface area contributed by atoms with E-state index in [1.807, 2.05) is 12.1 Å². The Kier molecular flexibility index (Phi) is 8.13. The highest BCUT2D eigenvalue weighted by Gasteiger charge is 2.18. The molecule has 2 aromatic rings. The highest BCUT2D eigenvalue weighted by Crippen LogP contribution is 2.31. The lowest BCUT2D eigenvalue weighted by molar-refractivity contribution is 0.439. The van der Waals surface area contributed by atoms with Gasteiger partial charge in [0.1, 0.15) is 22.1 Å². The first kappa shape index (κ1) is 21.3. The van der Waals surface area contributed by atoms with Gasteiger partial charge in [0, 0.05) is 6.07 Å². The molecule has 0 amide bonds. The summed E-state index contributed by atoms with van der Waals surface area (Å²) in [5.41, 5.74) is 1.21. The molecule has 148 valence electrons. The highest BCUT2D eigenvalue weighted by molar-refractivity contribution is 7.86. The third kappa shape index (κ3) is 7.23. The molecule has 0 aliphatic rings. The third-order valence-corrected chi connectivity index (χ3v) is 5.30. The SMILES string of the molecule is CCCCCCCCCc1ccc(Oc2ccc(O)cc2S(=O)(=O)O)cc1. The molecule has 2 N–H and O–H groups in total. The van der Waals surface area contributed by atoms with E-state index in [9.17, 15) is 18.1 Å². The van der Waals surface area contributed by atoms with E-state index in [-0.39, 0.29) is 11.5 Å². The summed E-state index contributed by atoms with van der Waals surface area (Å²) in [5, 5.41) is 9.44. The van der Waals surface area contributed by atoms with Crippen LogP contribution in [-0.2, 0) is 16.5 Å². The van der Waals surface area contributed by atoms with E-state index in [0.717, 1.165) is 18.9 Å². The van der Waals surface area contributed by atoms with Crippen LogP contribution in [0.4, 0.5) is 0 Å². The normalized spacial score (nSPS) is 11.5. The van der Waals surface area contributed by atoms with E-state index in [0.29, 0.717) is 5.75 Å². The molecule has 0 aromatic heterocycles. The van der Waals surface area contributed by atoms with Crippen LogP contribution in [0.1, 0.15) is 57.4 Å². The molecule has 0 atom stereocenters. The maximum absolute atomic E-state index is 11.4. The van der Waals surface area contributed by atoms with Crippen molar-refractivity contribution < 1.29 is 22.8 Å². The van der Waals surface area contributed by atoms with E-state index >= 15 is 0 Å². The quantitative estimate of drug-likeness (QED) is 0.377. The van der Waals surface area contributed by atoms with E-state index < -0.39 is 15.0 Å². The lowest BCUT2D eigenvalue weighted by Crippen LogP contribution is -2.01. The number of hydrogen-bond acceptors (Lipinski definition) is 4. The maximum Gasteiger partial charge on any atom is 0.298 e. The third-order valence-electron chi connectivity index (χ3n) is 4.43. The Labute approximate surface area is 161 Å². The minimum absolute atomic E-state index is 0.0323. The number of aromatic hydroxyl groups is 1. The Bertz CT molecular complexity index is 813. The van der Waals surface area contributed by atoms with Crippen LogP contribution >= 0.6 is 0 Å². The molecule has 0 saturated heterocycles. The zero-order valence-electron chi connectivity index (χ0n) is 15.7. The van der Waals surface area contributed by atoms with Crippen LogP contribution < -0.4 is 4.74 Å². The van der Waals surface area contributed by atoms with Crippen LogP contribution in [-0.4, -0.2) is 18.1 Å². The van der Waals surface area contributed by atoms with Gasteiger partial charge in [-0.1, -0.05) is 57.6 Å². The van der Waals surface area contributed by atoms with Gasteiger partial charge in [0.15, 0.2) is 0 Å². The summed E-state index contributed by atoms with van der Waals surface area (Å²) in [6, 6.07) is 11.0. The van der Waals surface area contributed by atoms with Crippen LogP contribution in [0.2, 0.25) is 0 Å². The minimum Gasteiger partial charge on any atom is -0.508 e. The number of phenolic OH excluding ortho intramolecular Hbond substituents is 1. The molecule has 0 radical (unpaired) electrons. The molecular formula is C21H28O5S. The smallest absolute Gasteiger partial charge is 0.298 e. The van der Waals surface area contributed by atoms with Gasteiger partial charge in [-0.05, 0) is 42.7 Å². The predicted molar refractivity (Wildman–Crippen MR) is 106 cm³/mol. The molecular weight excluding hydrogens is 364 g/mol. The summed E-state index contributed by atoms with van der Waals surface area (Å²) in [7, 11) is -4.49. The van der Waals surface area contributed by atoms with Gasteiger partial charge in [0.25, 0.3) is 10.1 Å². The van der Waals surface area contributed by atoms with Crippen molar-refractivity contribution >= 4 is 10.1 Å². The first-order valence-corrected chi connectivity index (χ1v) is 10.9. The molecule has 0 fully saturated rings. The van der Waals surface area contributed by atoms with Crippen LogP contribution in [0.3, 0.4) is 0 Å². The van der Waals surface area contributed by atoms with Gasteiger partial charge >= 0.3 is 0 Å². The number of benzene rings is 2. The second-order valence-corrected chi connectivity index (χ2v) is 8.11. The first-order chi connectivity index (χ1) is 12.9. The summed E-state index contributed by atoms with van der Waals surface area (Å²) in [6.07, 6.45) is 9.88. The fourth-order valence-corrected chi connectivity index (χ4v) is 3.55. The van der Waals surface area contributed by atoms with Gasteiger partial charge in [-0.25, -0.2) is 0 Å². The number of rotatable bonds is 11. The number of phenols is 1. The van der Waals surface area contributed by atoms with Gasteiger partial charge in [-0.3, -0.25) is 4.55 Å². The Morgan fingerprint density at radius 3 is 2.15 bits per heavy atom. The standard InChI is InChI=1S/C21H28O5S/c1-2-3-4-5-6-7-8-9-17-10-13-19(14-11-17)26-20-15-12-18(22)16-21(20)27(23,24)25/h10-16,22H,2-9H2,1H3,(H,23,24,25). The van der Waals surface area contributed by atoms with Gasteiger partial charge < -0.3 is 9.84 Å². The topological polar surface area (TPSA) is 83.8 Å². The van der Waals surface area contributed by atoms with Gasteiger partial charge in [-0.2, -0.15) is 8.42 Å². The second-order valence-electron chi connectivity index (χ2n) is 6.72. The van der Waals surface area contributed by atoms with E-state index in [1.54, 1.807) is 12.1 Å². The molecule has 2 rings (SSSR count). The molecule has 0 spiro atoms. The fourth-order valence-electron chi connectivity index (χ4n) is 2.92. The fraction of sp³-hybridized carbons (Fsp3) is 0.429. The van der Waals surface area contributed by atoms with E-state index in [4.69, 9.17) is 4.74 Å². The summed E-state index contributed by atoms with van der Waals surface area (Å²) in [4.78, 5) is -0.463. The van der Waals surface area contributed by atoms with Crippen molar-refractivity contribution in [3.8, 4) is 17.2 Å². The van der Waals surface area contributed by atoms with Crippen molar-refractivity contribution in [3.63, 3.8) is 0 Å².